The summed E-state index contributed by atoms with van der Waals surface area (Å²) in [6.07, 6.45) is -0.0220. The van der Waals surface area contributed by atoms with Gasteiger partial charge in [-0.1, -0.05) is 36.0 Å². The van der Waals surface area contributed by atoms with Crippen molar-refractivity contribution in [1.29, 1.82) is 0 Å². The van der Waals surface area contributed by atoms with E-state index in [1.54, 1.807) is 31.4 Å². The number of amides is 3. The van der Waals surface area contributed by atoms with Crippen molar-refractivity contribution in [2.24, 2.45) is 4.99 Å². The first-order chi connectivity index (χ1) is 13.9. The predicted molar refractivity (Wildman–Crippen MR) is 114 cm³/mol. The minimum absolute atomic E-state index is 0.00125. The van der Waals surface area contributed by atoms with Crippen molar-refractivity contribution in [1.82, 2.24) is 0 Å². The first-order valence-electron chi connectivity index (χ1n) is 9.02. The Balaban J connectivity index is 1.51. The van der Waals surface area contributed by atoms with Crippen molar-refractivity contribution in [3.8, 4) is 5.75 Å². The van der Waals surface area contributed by atoms with Crippen LogP contribution in [0.3, 0.4) is 0 Å². The molecule has 0 saturated heterocycles. The molecule has 29 heavy (non-hydrogen) atoms. The van der Waals surface area contributed by atoms with Gasteiger partial charge in [0.1, 0.15) is 11.0 Å². The lowest BCUT2D eigenvalue weighted by Gasteiger charge is -2.10. The maximum Gasteiger partial charge on any atom is 0.260 e. The highest BCUT2D eigenvalue weighted by molar-refractivity contribution is 8.15. The molecule has 3 rings (SSSR count). The van der Waals surface area contributed by atoms with Gasteiger partial charge in [-0.25, -0.2) is 4.99 Å². The van der Waals surface area contributed by atoms with Crippen LogP contribution in [0.5, 0.6) is 5.75 Å². The number of methoxy groups -OCH3 is 1. The van der Waals surface area contributed by atoms with Crippen molar-refractivity contribution in [3.05, 3.63) is 54.1 Å². The van der Waals surface area contributed by atoms with Crippen LogP contribution in [0.2, 0.25) is 0 Å². The fraction of sp³-hybridized carbons (Fsp3) is 0.238. The number of anilines is 2. The maximum absolute atomic E-state index is 12.3. The van der Waals surface area contributed by atoms with Crippen LogP contribution in [0.25, 0.3) is 0 Å². The van der Waals surface area contributed by atoms with Gasteiger partial charge >= 0.3 is 0 Å². The molecule has 150 valence electrons. The number of carbonyl (C=O) groups is 3. The Hall–Kier alpha value is -3.13. The molecule has 2 aromatic carbocycles. The van der Waals surface area contributed by atoms with Gasteiger partial charge < -0.3 is 15.4 Å². The molecule has 2 N–H and O–H groups in total. The van der Waals surface area contributed by atoms with Crippen molar-refractivity contribution in [3.63, 3.8) is 0 Å². The quantitative estimate of drug-likeness (QED) is 0.728. The molecule has 0 unspecified atom stereocenters. The number of hydrogen-bond acceptors (Lipinski definition) is 5. The molecule has 1 aliphatic heterocycles. The van der Waals surface area contributed by atoms with E-state index in [0.29, 0.717) is 16.5 Å². The van der Waals surface area contributed by atoms with Gasteiger partial charge in [-0.3, -0.25) is 14.4 Å². The lowest BCUT2D eigenvalue weighted by Crippen LogP contribution is -2.21. The Morgan fingerprint density at radius 1 is 1.10 bits per heavy atom. The second-order valence-electron chi connectivity index (χ2n) is 6.47. The number of para-hydroxylation sites is 1. The molecule has 1 atom stereocenters. The Kier molecular flexibility index (Phi) is 6.66. The monoisotopic (exact) mass is 411 g/mol. The van der Waals surface area contributed by atoms with Crippen LogP contribution in [0.1, 0.15) is 18.4 Å². The van der Waals surface area contributed by atoms with Gasteiger partial charge in [-0.2, -0.15) is 0 Å². The summed E-state index contributed by atoms with van der Waals surface area (Å²) >= 11 is 1.16. The smallest absolute Gasteiger partial charge is 0.260 e. The largest absolute Gasteiger partial charge is 0.497 e. The number of nitrogens with one attached hydrogen (secondary N) is 2. The summed E-state index contributed by atoms with van der Waals surface area (Å²) in [6, 6.07) is 14.4. The standard InChI is InChI=1S/C21H21N3O4S/c1-13-6-3-4-9-16(13)23-19(26)12-20-24-21(27)17(29-20)11-18(25)22-14-7-5-8-15(10-14)28-2/h3-10,17H,11-12H2,1-2H3,(H,22,25)(H,23,26)/t17-/m0/s1. The second kappa shape index (κ2) is 9.38. The number of benzene rings is 2. The van der Waals surface area contributed by atoms with Gasteiger partial charge in [-0.15, -0.1) is 0 Å². The number of thioether (sulfide) groups is 1. The van der Waals surface area contributed by atoms with Crippen LogP contribution in [0, 0.1) is 6.92 Å². The lowest BCUT2D eigenvalue weighted by molar-refractivity contribution is -0.121. The molecule has 2 aromatic rings. The molecule has 0 bridgehead atoms. The van der Waals surface area contributed by atoms with Crippen LogP contribution in [-0.4, -0.2) is 35.1 Å². The lowest BCUT2D eigenvalue weighted by atomic mass is 10.2. The highest BCUT2D eigenvalue weighted by atomic mass is 32.2. The first-order valence-corrected chi connectivity index (χ1v) is 9.90. The van der Waals surface area contributed by atoms with E-state index in [-0.39, 0.29) is 24.7 Å². The predicted octanol–water partition coefficient (Wildman–Crippen LogP) is 3.40. The van der Waals surface area contributed by atoms with Gasteiger partial charge in [0.05, 0.1) is 18.6 Å². The summed E-state index contributed by atoms with van der Waals surface area (Å²) in [5.74, 6) is -0.321. The van der Waals surface area contributed by atoms with Crippen LogP contribution in [0.15, 0.2) is 53.5 Å². The highest BCUT2D eigenvalue weighted by Crippen LogP contribution is 2.28. The molecule has 0 fully saturated rings. The fourth-order valence-electron chi connectivity index (χ4n) is 2.77. The van der Waals surface area contributed by atoms with Crippen molar-refractivity contribution in [2.75, 3.05) is 17.7 Å². The summed E-state index contributed by atoms with van der Waals surface area (Å²) in [7, 11) is 1.54. The number of ether oxygens (including phenoxy) is 1. The molecular weight excluding hydrogens is 390 g/mol. The summed E-state index contributed by atoms with van der Waals surface area (Å²) in [6.45, 7) is 1.90. The zero-order valence-electron chi connectivity index (χ0n) is 16.1. The summed E-state index contributed by atoms with van der Waals surface area (Å²) < 4.78 is 5.12. The topological polar surface area (TPSA) is 96.9 Å². The summed E-state index contributed by atoms with van der Waals surface area (Å²) in [5, 5.41) is 5.35. The van der Waals surface area contributed by atoms with Crippen molar-refractivity contribution >= 4 is 45.9 Å². The third-order valence-electron chi connectivity index (χ3n) is 4.24. The number of hydrogen-bond donors (Lipinski definition) is 2. The molecule has 3 amide bonds. The molecule has 1 aliphatic rings. The van der Waals surface area contributed by atoms with Gasteiger partial charge in [-0.05, 0) is 30.7 Å². The SMILES string of the molecule is COc1cccc(NC(=O)C[C@@H]2SC(CC(=O)Nc3ccccc3C)=NC2=O)c1. The Bertz CT molecular complexity index is 974. The van der Waals surface area contributed by atoms with Gasteiger partial charge in [0.15, 0.2) is 0 Å². The third kappa shape index (κ3) is 5.68. The first kappa shape index (κ1) is 20.6. The Morgan fingerprint density at radius 3 is 2.66 bits per heavy atom. The van der Waals surface area contributed by atoms with Crippen LogP contribution in [0.4, 0.5) is 11.4 Å². The van der Waals surface area contributed by atoms with Gasteiger partial charge in [0, 0.05) is 23.9 Å². The van der Waals surface area contributed by atoms with E-state index in [0.717, 1.165) is 23.0 Å². The highest BCUT2D eigenvalue weighted by Gasteiger charge is 2.31. The van der Waals surface area contributed by atoms with E-state index in [2.05, 4.69) is 15.6 Å². The maximum atomic E-state index is 12.3. The van der Waals surface area contributed by atoms with Crippen LogP contribution < -0.4 is 15.4 Å². The average molecular weight is 411 g/mol. The Labute approximate surface area is 172 Å². The molecule has 1 heterocycles. The van der Waals surface area contributed by atoms with Crippen LogP contribution >= 0.6 is 11.8 Å². The van der Waals surface area contributed by atoms with Crippen LogP contribution in [-0.2, 0) is 14.4 Å². The van der Waals surface area contributed by atoms with E-state index in [4.69, 9.17) is 4.74 Å². The molecule has 0 spiro atoms. The zero-order chi connectivity index (χ0) is 20.8. The number of aliphatic imine (C=N–C) groups is 1. The molecule has 0 aliphatic carbocycles. The van der Waals surface area contributed by atoms with Gasteiger partial charge in [0.25, 0.3) is 5.91 Å². The Morgan fingerprint density at radius 2 is 1.90 bits per heavy atom. The van der Waals surface area contributed by atoms with E-state index in [9.17, 15) is 14.4 Å². The van der Waals surface area contributed by atoms with E-state index in [1.807, 2.05) is 31.2 Å². The van der Waals surface area contributed by atoms with E-state index in [1.165, 1.54) is 0 Å². The number of aryl methyl sites for hydroxylation is 1. The van der Waals surface area contributed by atoms with E-state index < -0.39 is 11.2 Å². The number of nitrogens with zero attached hydrogens (tertiary/aromatic N) is 1. The second-order valence-corrected chi connectivity index (χ2v) is 7.75. The summed E-state index contributed by atoms with van der Waals surface area (Å²) in [4.78, 5) is 40.6. The van der Waals surface area contributed by atoms with Gasteiger partial charge in [0.2, 0.25) is 11.8 Å². The number of rotatable bonds is 7. The molecular formula is C21H21N3O4S. The summed E-state index contributed by atoms with van der Waals surface area (Å²) in [5.41, 5.74) is 2.26. The molecule has 0 aromatic heterocycles. The minimum atomic E-state index is -0.623. The molecule has 7 nitrogen and oxygen atoms in total. The normalized spacial score (nSPS) is 15.6. The average Bonchev–Trinajstić information content (AvgIpc) is 3.02. The molecule has 0 saturated carbocycles. The minimum Gasteiger partial charge on any atom is -0.497 e. The third-order valence-corrected chi connectivity index (χ3v) is 5.40. The molecule has 8 heteroatoms. The van der Waals surface area contributed by atoms with Crippen molar-refractivity contribution < 1.29 is 19.1 Å². The number of carbonyl (C=O) groups excluding carboxylic acids is 3. The molecule has 0 radical (unpaired) electrons. The van der Waals surface area contributed by atoms with Crippen molar-refractivity contribution in [2.45, 2.75) is 25.0 Å². The zero-order valence-corrected chi connectivity index (χ0v) is 16.9. The van der Waals surface area contributed by atoms with E-state index >= 15 is 0 Å². The fourth-order valence-corrected chi connectivity index (χ4v) is 3.85.